The molecular weight excluding hydrogens is 322 g/mol. The first kappa shape index (κ1) is 16.4. The molecule has 2 aromatic carbocycles. The molecule has 0 aliphatic rings. The normalized spacial score (nSPS) is 10.5. The van der Waals surface area contributed by atoms with Crippen LogP contribution in [-0.4, -0.2) is 27.8 Å². The maximum atomic E-state index is 12.3. The minimum atomic E-state index is -0.482. The summed E-state index contributed by atoms with van der Waals surface area (Å²) in [4.78, 5) is 22.6. The zero-order valence-corrected chi connectivity index (χ0v) is 13.7. The lowest BCUT2D eigenvalue weighted by Gasteiger charge is -2.04. The lowest BCUT2D eigenvalue weighted by Crippen LogP contribution is -2.05. The van der Waals surface area contributed by atoms with Crippen LogP contribution in [0.15, 0.2) is 54.6 Å². The SMILES string of the molecule is COC(=O)c1c(-c2ccccc2)nn(-c2ccc([N+](=O)[O-])cc2)c1C. The molecule has 0 saturated heterocycles. The van der Waals surface area contributed by atoms with Crippen molar-refractivity contribution in [3.63, 3.8) is 0 Å². The first-order valence-corrected chi connectivity index (χ1v) is 7.51. The van der Waals surface area contributed by atoms with E-state index < -0.39 is 10.9 Å². The van der Waals surface area contributed by atoms with Crippen LogP contribution in [0, 0.1) is 17.0 Å². The van der Waals surface area contributed by atoms with Crippen LogP contribution < -0.4 is 0 Å². The standard InChI is InChI=1S/C18H15N3O4/c1-12-16(18(22)25-2)17(13-6-4-3-5-7-13)19-20(12)14-8-10-15(11-9-14)21(23)24/h3-11H,1-2H3. The monoisotopic (exact) mass is 337 g/mol. The van der Waals surface area contributed by atoms with E-state index in [0.717, 1.165) is 5.56 Å². The molecular formula is C18H15N3O4. The Labute approximate surface area is 143 Å². The van der Waals surface area contributed by atoms with Crippen LogP contribution in [0.3, 0.4) is 0 Å². The Morgan fingerprint density at radius 3 is 2.32 bits per heavy atom. The van der Waals surface area contributed by atoms with Crippen LogP contribution >= 0.6 is 0 Å². The molecule has 1 heterocycles. The van der Waals surface area contributed by atoms with Crippen molar-refractivity contribution in [2.24, 2.45) is 0 Å². The summed E-state index contributed by atoms with van der Waals surface area (Å²) in [5.41, 5.74) is 2.86. The minimum absolute atomic E-state index is 0.00923. The van der Waals surface area contributed by atoms with Gasteiger partial charge < -0.3 is 4.74 Å². The second-order valence-electron chi connectivity index (χ2n) is 5.35. The van der Waals surface area contributed by atoms with Crippen molar-refractivity contribution in [3.8, 4) is 16.9 Å². The third-order valence-corrected chi connectivity index (χ3v) is 3.86. The van der Waals surface area contributed by atoms with Crippen molar-refractivity contribution >= 4 is 11.7 Å². The molecule has 0 amide bonds. The molecule has 7 nitrogen and oxygen atoms in total. The highest BCUT2D eigenvalue weighted by molar-refractivity contribution is 5.97. The number of aromatic nitrogens is 2. The van der Waals surface area contributed by atoms with E-state index in [1.165, 1.54) is 19.2 Å². The summed E-state index contributed by atoms with van der Waals surface area (Å²) in [5.74, 6) is -0.482. The number of ether oxygens (including phenoxy) is 1. The van der Waals surface area contributed by atoms with Crippen molar-refractivity contribution in [2.75, 3.05) is 7.11 Å². The zero-order chi connectivity index (χ0) is 18.0. The summed E-state index contributed by atoms with van der Waals surface area (Å²) >= 11 is 0. The van der Waals surface area contributed by atoms with E-state index in [0.29, 0.717) is 22.6 Å². The summed E-state index contributed by atoms with van der Waals surface area (Å²) in [6.07, 6.45) is 0. The number of methoxy groups -OCH3 is 1. The zero-order valence-electron chi connectivity index (χ0n) is 13.7. The van der Waals surface area contributed by atoms with Gasteiger partial charge in [-0.15, -0.1) is 0 Å². The Bertz CT molecular complexity index is 931. The summed E-state index contributed by atoms with van der Waals surface area (Å²) in [6, 6.07) is 15.3. The fourth-order valence-corrected chi connectivity index (χ4v) is 2.61. The fourth-order valence-electron chi connectivity index (χ4n) is 2.61. The molecule has 0 aliphatic carbocycles. The largest absolute Gasteiger partial charge is 0.465 e. The highest BCUT2D eigenvalue weighted by atomic mass is 16.6. The predicted octanol–water partition coefficient (Wildman–Crippen LogP) is 3.54. The summed E-state index contributed by atoms with van der Waals surface area (Å²) in [5, 5.41) is 15.3. The first-order chi connectivity index (χ1) is 12.0. The van der Waals surface area contributed by atoms with Gasteiger partial charge in [0.15, 0.2) is 0 Å². The Morgan fingerprint density at radius 2 is 1.76 bits per heavy atom. The van der Waals surface area contributed by atoms with Crippen molar-refractivity contribution in [1.29, 1.82) is 0 Å². The van der Waals surface area contributed by atoms with Crippen molar-refractivity contribution in [3.05, 3.63) is 76.0 Å². The second kappa shape index (κ2) is 6.56. The van der Waals surface area contributed by atoms with E-state index in [1.54, 1.807) is 23.7 Å². The second-order valence-corrected chi connectivity index (χ2v) is 5.35. The number of hydrogen-bond acceptors (Lipinski definition) is 5. The van der Waals surface area contributed by atoms with Gasteiger partial charge in [-0.25, -0.2) is 9.48 Å². The molecule has 0 radical (unpaired) electrons. The molecule has 3 rings (SSSR count). The fraction of sp³-hybridized carbons (Fsp3) is 0.111. The summed E-state index contributed by atoms with van der Waals surface area (Å²) < 4.78 is 6.48. The lowest BCUT2D eigenvalue weighted by atomic mass is 10.1. The number of esters is 1. The summed E-state index contributed by atoms with van der Waals surface area (Å²) in [7, 11) is 1.32. The van der Waals surface area contributed by atoms with Crippen LogP contribution in [-0.2, 0) is 4.74 Å². The first-order valence-electron chi connectivity index (χ1n) is 7.51. The Hall–Kier alpha value is -3.48. The highest BCUT2D eigenvalue weighted by Crippen LogP contribution is 2.28. The molecule has 0 atom stereocenters. The molecule has 0 spiro atoms. The molecule has 1 aromatic heterocycles. The molecule has 3 aromatic rings. The molecule has 25 heavy (non-hydrogen) atoms. The van der Waals surface area contributed by atoms with Crippen molar-refractivity contribution in [1.82, 2.24) is 9.78 Å². The van der Waals surface area contributed by atoms with Gasteiger partial charge in [-0.3, -0.25) is 10.1 Å². The number of benzene rings is 2. The van der Waals surface area contributed by atoms with E-state index >= 15 is 0 Å². The third kappa shape index (κ3) is 2.99. The van der Waals surface area contributed by atoms with Crippen molar-refractivity contribution < 1.29 is 14.5 Å². The molecule has 126 valence electrons. The number of carbonyl (C=O) groups excluding carboxylic acids is 1. The smallest absolute Gasteiger partial charge is 0.342 e. The highest BCUT2D eigenvalue weighted by Gasteiger charge is 2.23. The quantitative estimate of drug-likeness (QED) is 0.413. The van der Waals surface area contributed by atoms with E-state index in [-0.39, 0.29) is 5.69 Å². The van der Waals surface area contributed by atoms with Crippen LogP contribution in [0.1, 0.15) is 16.1 Å². The van der Waals surface area contributed by atoms with Crippen LogP contribution in [0.4, 0.5) is 5.69 Å². The van der Waals surface area contributed by atoms with Gasteiger partial charge >= 0.3 is 5.97 Å². The topological polar surface area (TPSA) is 87.3 Å². The van der Waals surface area contributed by atoms with Crippen LogP contribution in [0.2, 0.25) is 0 Å². The van der Waals surface area contributed by atoms with Gasteiger partial charge in [-0.05, 0) is 19.1 Å². The molecule has 0 saturated carbocycles. The average Bonchev–Trinajstić information content (AvgIpc) is 2.99. The number of nitrogens with zero attached hydrogens (tertiary/aromatic N) is 3. The van der Waals surface area contributed by atoms with Gasteiger partial charge in [-0.1, -0.05) is 30.3 Å². The molecule has 0 bridgehead atoms. The van der Waals surface area contributed by atoms with E-state index in [1.807, 2.05) is 30.3 Å². The number of non-ortho nitro benzene ring substituents is 1. The third-order valence-electron chi connectivity index (χ3n) is 3.86. The average molecular weight is 337 g/mol. The molecule has 0 fully saturated rings. The number of nitro groups is 1. The predicted molar refractivity (Wildman–Crippen MR) is 91.7 cm³/mol. The van der Waals surface area contributed by atoms with E-state index in [4.69, 9.17) is 4.74 Å². The molecule has 0 N–H and O–H groups in total. The Balaban J connectivity index is 2.17. The van der Waals surface area contributed by atoms with Gasteiger partial charge in [0.1, 0.15) is 11.3 Å². The number of nitro benzene ring substituents is 1. The minimum Gasteiger partial charge on any atom is -0.465 e. The van der Waals surface area contributed by atoms with E-state index in [2.05, 4.69) is 5.10 Å². The lowest BCUT2D eigenvalue weighted by molar-refractivity contribution is -0.384. The number of rotatable bonds is 4. The molecule has 0 aliphatic heterocycles. The molecule has 0 unspecified atom stereocenters. The maximum absolute atomic E-state index is 12.3. The maximum Gasteiger partial charge on any atom is 0.342 e. The van der Waals surface area contributed by atoms with Crippen molar-refractivity contribution in [2.45, 2.75) is 6.92 Å². The molecule has 7 heteroatoms. The van der Waals surface area contributed by atoms with Crippen LogP contribution in [0.25, 0.3) is 16.9 Å². The van der Waals surface area contributed by atoms with Gasteiger partial charge in [0.05, 0.1) is 23.4 Å². The number of hydrogen-bond donors (Lipinski definition) is 0. The summed E-state index contributed by atoms with van der Waals surface area (Å²) in [6.45, 7) is 1.76. The Kier molecular flexibility index (Phi) is 4.30. The van der Waals surface area contributed by atoms with Gasteiger partial charge in [0.2, 0.25) is 0 Å². The number of carbonyl (C=O) groups is 1. The van der Waals surface area contributed by atoms with Crippen LogP contribution in [0.5, 0.6) is 0 Å². The Morgan fingerprint density at radius 1 is 1.12 bits per heavy atom. The van der Waals surface area contributed by atoms with Gasteiger partial charge in [0.25, 0.3) is 5.69 Å². The van der Waals surface area contributed by atoms with E-state index in [9.17, 15) is 14.9 Å². The van der Waals surface area contributed by atoms with Gasteiger partial charge in [-0.2, -0.15) is 5.10 Å². The van der Waals surface area contributed by atoms with Gasteiger partial charge in [0, 0.05) is 17.7 Å².